The summed E-state index contributed by atoms with van der Waals surface area (Å²) in [5, 5.41) is 10.2. The molecule has 3 aromatic rings. The van der Waals surface area contributed by atoms with Gasteiger partial charge in [0.05, 0.1) is 35.6 Å². The summed E-state index contributed by atoms with van der Waals surface area (Å²) < 4.78 is 20.4. The Morgan fingerprint density at radius 2 is 1.93 bits per heavy atom. The molecule has 1 fully saturated rings. The van der Waals surface area contributed by atoms with E-state index >= 15 is 0 Å². The number of rotatable bonds is 2. The summed E-state index contributed by atoms with van der Waals surface area (Å²) in [5.41, 5.74) is 10.1. The first kappa shape index (κ1) is 19.2. The van der Waals surface area contributed by atoms with Crippen molar-refractivity contribution < 1.29 is 4.21 Å². The van der Waals surface area contributed by atoms with Crippen molar-refractivity contribution in [2.45, 2.75) is 19.3 Å². The second-order valence-electron chi connectivity index (χ2n) is 7.00. The quantitative estimate of drug-likeness (QED) is 0.516. The summed E-state index contributed by atoms with van der Waals surface area (Å²) in [6, 6.07) is 9.96. The van der Waals surface area contributed by atoms with E-state index in [2.05, 4.69) is 38.0 Å². The Bertz CT molecular complexity index is 1220. The molecule has 1 saturated heterocycles. The van der Waals surface area contributed by atoms with Gasteiger partial charge in [-0.25, -0.2) is 9.19 Å². The smallest absolute Gasteiger partial charge is 0.133 e. The Labute approximate surface area is 178 Å². The fraction of sp³-hybridized carbons (Fsp3) is 0.300. The molecule has 1 aliphatic rings. The Balaban J connectivity index is 1.84. The minimum atomic E-state index is -2.12. The molecule has 0 aliphatic carbocycles. The predicted octanol–water partition coefficient (Wildman–Crippen LogP) is 4.58. The van der Waals surface area contributed by atoms with Crippen LogP contribution >= 0.6 is 22.6 Å². The number of aryl methyl sites for hydroxylation is 1. The van der Waals surface area contributed by atoms with Crippen LogP contribution < -0.4 is 5.73 Å². The maximum absolute atomic E-state index is 12.9. The summed E-state index contributed by atoms with van der Waals surface area (Å²) in [6.07, 6.45) is 4.63. The van der Waals surface area contributed by atoms with E-state index in [1.165, 1.54) is 6.20 Å². The molecule has 2 N–H and O–H groups in total. The van der Waals surface area contributed by atoms with Gasteiger partial charge in [-0.2, -0.15) is 9.62 Å². The number of pyridine rings is 1. The molecule has 1 aromatic carbocycles. The van der Waals surface area contributed by atoms with Gasteiger partial charge in [-0.3, -0.25) is 0 Å². The number of nitriles is 1. The summed E-state index contributed by atoms with van der Waals surface area (Å²) in [5.74, 6) is 1.78. The monoisotopic (exact) mass is 505 g/mol. The van der Waals surface area contributed by atoms with Gasteiger partial charge in [-0.15, -0.1) is 0 Å². The Morgan fingerprint density at radius 3 is 2.57 bits per heavy atom. The summed E-state index contributed by atoms with van der Waals surface area (Å²) in [7, 11) is -0.200. The van der Waals surface area contributed by atoms with E-state index in [1.54, 1.807) is 0 Å². The average molecular weight is 505 g/mol. The van der Waals surface area contributed by atoms with E-state index in [9.17, 15) is 9.47 Å². The highest BCUT2D eigenvalue weighted by atomic mass is 127. The minimum Gasteiger partial charge on any atom is -0.383 e. The fourth-order valence-electron chi connectivity index (χ4n) is 3.73. The number of hydrogen-bond acceptors (Lipinski definition) is 5. The Kier molecular flexibility index (Phi) is 5.05. The van der Waals surface area contributed by atoms with Gasteiger partial charge in [-0.1, -0.05) is 18.6 Å². The first-order valence-electron chi connectivity index (χ1n) is 9.09. The fourth-order valence-corrected chi connectivity index (χ4v) is 6.76. The highest BCUT2D eigenvalue weighted by molar-refractivity contribution is 14.1. The van der Waals surface area contributed by atoms with E-state index in [-0.39, 0.29) is 0 Å². The second kappa shape index (κ2) is 7.37. The molecule has 2 aromatic heterocycles. The molecule has 0 saturated carbocycles. The second-order valence-corrected chi connectivity index (χ2v) is 10.6. The van der Waals surface area contributed by atoms with Crippen LogP contribution in [0.2, 0.25) is 0 Å². The molecule has 0 unspecified atom stereocenters. The van der Waals surface area contributed by atoms with Crippen molar-refractivity contribution in [3.8, 4) is 17.2 Å². The van der Waals surface area contributed by atoms with Crippen molar-refractivity contribution in [2.75, 3.05) is 17.2 Å². The molecular formula is C20H20IN5OS. The maximum atomic E-state index is 12.9. The molecule has 8 heteroatoms. The van der Waals surface area contributed by atoms with Crippen molar-refractivity contribution in [2.24, 2.45) is 11.4 Å². The molecule has 1 aliphatic heterocycles. The van der Waals surface area contributed by atoms with Gasteiger partial charge in [0, 0.05) is 30.3 Å². The third kappa shape index (κ3) is 3.26. The van der Waals surface area contributed by atoms with Gasteiger partial charge in [0.2, 0.25) is 0 Å². The first-order valence-corrected chi connectivity index (χ1v) is 12.0. The van der Waals surface area contributed by atoms with Crippen molar-refractivity contribution in [1.29, 1.82) is 5.26 Å². The van der Waals surface area contributed by atoms with Crippen LogP contribution in [0.3, 0.4) is 0 Å². The van der Waals surface area contributed by atoms with Gasteiger partial charge in [-0.05, 0) is 53.1 Å². The summed E-state index contributed by atoms with van der Waals surface area (Å²) >= 11 is 2.27. The highest BCUT2D eigenvalue weighted by Crippen LogP contribution is 2.39. The number of halogens is 1. The number of hydrogen-bond donors (Lipinski definition) is 1. The molecule has 4 rings (SSSR count). The van der Waals surface area contributed by atoms with Crippen LogP contribution in [-0.2, 0) is 16.8 Å². The van der Waals surface area contributed by atoms with Gasteiger partial charge in [0.15, 0.2) is 0 Å². The molecule has 6 nitrogen and oxygen atoms in total. The van der Waals surface area contributed by atoms with E-state index < -0.39 is 9.73 Å². The number of nitrogens with zero attached hydrogens (tertiary/aromatic N) is 4. The van der Waals surface area contributed by atoms with Gasteiger partial charge < -0.3 is 10.3 Å². The van der Waals surface area contributed by atoms with E-state index in [0.29, 0.717) is 22.9 Å². The lowest BCUT2D eigenvalue weighted by molar-refractivity contribution is 0.650. The molecule has 0 bridgehead atoms. The maximum Gasteiger partial charge on any atom is 0.133 e. The number of nitrogen functional groups attached to an aromatic ring is 1. The lowest BCUT2D eigenvalue weighted by Gasteiger charge is -2.15. The molecule has 0 amide bonds. The van der Waals surface area contributed by atoms with Gasteiger partial charge in [0.25, 0.3) is 0 Å². The highest BCUT2D eigenvalue weighted by Gasteiger charge is 2.21. The topological polar surface area (TPSA) is 97.1 Å². The van der Waals surface area contributed by atoms with Crippen molar-refractivity contribution in [3.63, 3.8) is 0 Å². The number of nitrogens with two attached hydrogens (primary N) is 1. The molecule has 0 spiro atoms. The van der Waals surface area contributed by atoms with E-state index in [4.69, 9.17) is 5.73 Å². The SMILES string of the molecule is Cn1c(I)c(-c2ccc(N=S3(=O)CCCCC3)cc2)c2c(N)ncc(C#N)c21. The first-order chi connectivity index (χ1) is 13.4. The normalized spacial score (nSPS) is 16.0. The van der Waals surface area contributed by atoms with Crippen LogP contribution in [0.4, 0.5) is 11.5 Å². The molecule has 0 radical (unpaired) electrons. The number of benzene rings is 1. The average Bonchev–Trinajstić information content (AvgIpc) is 2.96. The summed E-state index contributed by atoms with van der Waals surface area (Å²) in [4.78, 5) is 4.20. The van der Waals surface area contributed by atoms with Crippen LogP contribution in [0.15, 0.2) is 34.8 Å². The van der Waals surface area contributed by atoms with E-state index in [1.807, 2.05) is 35.9 Å². The Morgan fingerprint density at radius 1 is 1.25 bits per heavy atom. The van der Waals surface area contributed by atoms with Crippen molar-refractivity contribution in [3.05, 3.63) is 39.7 Å². The number of fused-ring (bicyclic) bond motifs is 1. The zero-order chi connectivity index (χ0) is 19.9. The number of aromatic nitrogens is 2. The van der Waals surface area contributed by atoms with Crippen LogP contribution in [-0.4, -0.2) is 25.3 Å². The largest absolute Gasteiger partial charge is 0.383 e. The number of anilines is 1. The zero-order valence-corrected chi connectivity index (χ0v) is 18.5. The predicted molar refractivity (Wildman–Crippen MR) is 122 cm³/mol. The molecule has 0 atom stereocenters. The zero-order valence-electron chi connectivity index (χ0n) is 15.5. The molecule has 28 heavy (non-hydrogen) atoms. The third-order valence-electron chi connectivity index (χ3n) is 5.14. The lowest BCUT2D eigenvalue weighted by Crippen LogP contribution is -2.15. The third-order valence-corrected chi connectivity index (χ3v) is 8.80. The molecular weight excluding hydrogens is 485 g/mol. The molecule has 144 valence electrons. The Hall–Kier alpha value is -2.12. The van der Waals surface area contributed by atoms with Gasteiger partial charge in [0.1, 0.15) is 11.9 Å². The van der Waals surface area contributed by atoms with Crippen LogP contribution in [0.25, 0.3) is 22.0 Å². The van der Waals surface area contributed by atoms with Crippen molar-refractivity contribution >= 4 is 54.7 Å². The molecule has 3 heterocycles. The van der Waals surface area contributed by atoms with Crippen LogP contribution in [0.1, 0.15) is 24.8 Å². The van der Waals surface area contributed by atoms with E-state index in [0.717, 1.165) is 50.7 Å². The van der Waals surface area contributed by atoms with Crippen LogP contribution in [0.5, 0.6) is 0 Å². The lowest BCUT2D eigenvalue weighted by atomic mass is 10.0. The minimum absolute atomic E-state index is 0.404. The van der Waals surface area contributed by atoms with Crippen LogP contribution in [0, 0.1) is 15.0 Å². The van der Waals surface area contributed by atoms with Crippen molar-refractivity contribution in [1.82, 2.24) is 9.55 Å². The standard InChI is InChI=1S/C20H20IN5OS/c1-26-18-14(11-22)12-24-20(23)17(18)16(19(26)21)13-5-7-15(8-6-13)25-28(27)9-3-2-4-10-28/h5-8,12H,2-4,9-10H2,1H3,(H2,23,24). The summed E-state index contributed by atoms with van der Waals surface area (Å²) in [6.45, 7) is 0. The van der Waals surface area contributed by atoms with Gasteiger partial charge >= 0.3 is 0 Å².